The van der Waals surface area contributed by atoms with Gasteiger partial charge in [-0.2, -0.15) is 0 Å². The number of likely N-dealkylation sites (tertiary alicyclic amines) is 1. The zero-order chi connectivity index (χ0) is 19.4. The van der Waals surface area contributed by atoms with Crippen molar-refractivity contribution in [2.24, 2.45) is 5.92 Å². The molecular formula is C20H28N4O3. The van der Waals surface area contributed by atoms with E-state index in [1.165, 1.54) is 7.11 Å². The van der Waals surface area contributed by atoms with E-state index in [-0.39, 0.29) is 11.9 Å². The lowest BCUT2D eigenvalue weighted by Crippen LogP contribution is -2.52. The number of ether oxygens (including phenoxy) is 1. The molecule has 1 aliphatic heterocycles. The molecule has 27 heavy (non-hydrogen) atoms. The molecule has 0 spiro atoms. The lowest BCUT2D eigenvalue weighted by atomic mass is 9.96. The number of rotatable bonds is 5. The average Bonchev–Trinajstić information content (AvgIpc) is 3.15. The van der Waals surface area contributed by atoms with Crippen LogP contribution in [0.1, 0.15) is 44.9 Å². The minimum Gasteiger partial charge on any atom is -0.467 e. The molecule has 0 aliphatic carbocycles. The average molecular weight is 372 g/mol. The monoisotopic (exact) mass is 372 g/mol. The summed E-state index contributed by atoms with van der Waals surface area (Å²) >= 11 is 0. The lowest BCUT2D eigenvalue weighted by molar-refractivity contribution is -0.144. The highest BCUT2D eigenvalue weighted by atomic mass is 16.5. The number of aromatic nitrogens is 2. The third kappa shape index (κ3) is 4.23. The van der Waals surface area contributed by atoms with Crippen LogP contribution in [0.25, 0.3) is 11.0 Å². The van der Waals surface area contributed by atoms with Gasteiger partial charge in [0.2, 0.25) is 0 Å². The zero-order valence-corrected chi connectivity index (χ0v) is 16.2. The van der Waals surface area contributed by atoms with Crippen LogP contribution < -0.4 is 5.32 Å². The molecule has 3 rings (SSSR count). The molecule has 0 saturated carbocycles. The van der Waals surface area contributed by atoms with Crippen molar-refractivity contribution in [3.05, 3.63) is 30.1 Å². The van der Waals surface area contributed by atoms with Gasteiger partial charge < -0.3 is 19.9 Å². The van der Waals surface area contributed by atoms with Crippen molar-refractivity contribution in [3.8, 4) is 0 Å². The van der Waals surface area contributed by atoms with Crippen LogP contribution in [0.3, 0.4) is 0 Å². The minimum atomic E-state index is -0.611. The topological polar surface area (TPSA) is 87.3 Å². The van der Waals surface area contributed by atoms with E-state index in [0.29, 0.717) is 19.0 Å². The molecule has 0 bridgehead atoms. The smallest absolute Gasteiger partial charge is 0.328 e. The Morgan fingerprint density at radius 3 is 2.67 bits per heavy atom. The molecule has 1 aromatic heterocycles. The first-order chi connectivity index (χ1) is 13.0. The predicted octanol–water partition coefficient (Wildman–Crippen LogP) is 3.04. The van der Waals surface area contributed by atoms with E-state index < -0.39 is 12.0 Å². The van der Waals surface area contributed by atoms with E-state index in [4.69, 9.17) is 4.74 Å². The summed E-state index contributed by atoms with van der Waals surface area (Å²) in [6.45, 7) is 5.21. The summed E-state index contributed by atoms with van der Waals surface area (Å²) in [5, 5.41) is 2.85. The van der Waals surface area contributed by atoms with Gasteiger partial charge in [-0.1, -0.05) is 32.4 Å². The number of carbonyl (C=O) groups is 2. The second-order valence-electron chi connectivity index (χ2n) is 7.24. The maximum absolute atomic E-state index is 12.6. The number of methoxy groups -OCH3 is 1. The fourth-order valence-corrected chi connectivity index (χ4v) is 3.54. The summed E-state index contributed by atoms with van der Waals surface area (Å²) < 4.78 is 4.84. The van der Waals surface area contributed by atoms with Gasteiger partial charge in [0.1, 0.15) is 11.9 Å². The van der Waals surface area contributed by atoms with Crippen LogP contribution in [0.4, 0.5) is 4.79 Å². The molecule has 0 radical (unpaired) electrons. The third-order valence-corrected chi connectivity index (χ3v) is 5.52. The third-order valence-electron chi connectivity index (χ3n) is 5.52. The molecule has 7 nitrogen and oxygen atoms in total. The van der Waals surface area contributed by atoms with Gasteiger partial charge in [0, 0.05) is 19.0 Å². The summed E-state index contributed by atoms with van der Waals surface area (Å²) in [5.74, 6) is 0.931. The van der Waals surface area contributed by atoms with E-state index in [2.05, 4.69) is 15.3 Å². The highest BCUT2D eigenvalue weighted by Crippen LogP contribution is 2.27. The molecule has 1 fully saturated rings. The molecule has 1 aromatic carbocycles. The number of H-pyrrole nitrogens is 1. The molecule has 2 atom stereocenters. The Morgan fingerprint density at radius 1 is 1.33 bits per heavy atom. The Kier molecular flexibility index (Phi) is 5.98. The van der Waals surface area contributed by atoms with Crippen LogP contribution in [0.2, 0.25) is 0 Å². The highest BCUT2D eigenvalue weighted by Gasteiger charge is 2.31. The molecule has 2 aromatic rings. The Labute approximate surface area is 159 Å². The Balaban J connectivity index is 1.59. The van der Waals surface area contributed by atoms with Gasteiger partial charge in [-0.3, -0.25) is 0 Å². The number of urea groups is 1. The van der Waals surface area contributed by atoms with Gasteiger partial charge in [0.25, 0.3) is 0 Å². The largest absolute Gasteiger partial charge is 0.467 e. The summed E-state index contributed by atoms with van der Waals surface area (Å²) in [6.07, 6.45) is 2.48. The van der Waals surface area contributed by atoms with Gasteiger partial charge in [0.05, 0.1) is 18.1 Å². The van der Waals surface area contributed by atoms with Crippen LogP contribution in [0, 0.1) is 5.92 Å². The van der Waals surface area contributed by atoms with Crippen molar-refractivity contribution in [1.29, 1.82) is 0 Å². The summed E-state index contributed by atoms with van der Waals surface area (Å²) in [6, 6.07) is 7.19. The number of esters is 1. The van der Waals surface area contributed by atoms with Crippen molar-refractivity contribution in [2.75, 3.05) is 20.2 Å². The summed E-state index contributed by atoms with van der Waals surface area (Å²) in [4.78, 5) is 34.5. The molecule has 2 amide bonds. The normalized spacial score (nSPS) is 17.5. The van der Waals surface area contributed by atoms with Gasteiger partial charge in [-0.25, -0.2) is 14.6 Å². The zero-order valence-electron chi connectivity index (χ0n) is 16.2. The Bertz CT molecular complexity index is 762. The number of hydrogen-bond acceptors (Lipinski definition) is 4. The standard InChI is InChI=1S/C20H28N4O3/c1-4-13(2)17(19(25)27-3)23-20(26)24-11-9-14(10-12-24)18-21-15-7-5-6-8-16(15)22-18/h5-8,13-14,17H,4,9-12H2,1-3H3,(H,21,22)(H,23,26)/t13-,17+/m1/s1. The van der Waals surface area contributed by atoms with Crippen LogP contribution >= 0.6 is 0 Å². The molecule has 146 valence electrons. The number of para-hydroxylation sites is 2. The van der Waals surface area contributed by atoms with E-state index >= 15 is 0 Å². The quantitative estimate of drug-likeness (QED) is 0.790. The molecule has 0 unspecified atom stereocenters. The van der Waals surface area contributed by atoms with Crippen LogP contribution in [0.5, 0.6) is 0 Å². The van der Waals surface area contributed by atoms with Crippen LogP contribution in [0.15, 0.2) is 24.3 Å². The Hall–Kier alpha value is -2.57. The number of benzene rings is 1. The number of piperidine rings is 1. The molecule has 2 heterocycles. The Morgan fingerprint density at radius 2 is 2.04 bits per heavy atom. The number of imidazole rings is 1. The van der Waals surface area contributed by atoms with Crippen LogP contribution in [-0.4, -0.2) is 53.1 Å². The van der Waals surface area contributed by atoms with E-state index in [9.17, 15) is 9.59 Å². The lowest BCUT2D eigenvalue weighted by Gasteiger charge is -2.33. The molecular weight excluding hydrogens is 344 g/mol. The number of fused-ring (bicyclic) bond motifs is 1. The molecule has 1 saturated heterocycles. The van der Waals surface area contributed by atoms with E-state index in [0.717, 1.165) is 36.1 Å². The van der Waals surface area contributed by atoms with Gasteiger partial charge >= 0.3 is 12.0 Å². The maximum Gasteiger partial charge on any atom is 0.328 e. The second-order valence-corrected chi connectivity index (χ2v) is 7.24. The molecule has 2 N–H and O–H groups in total. The number of nitrogens with zero attached hydrogens (tertiary/aromatic N) is 2. The van der Waals surface area contributed by atoms with Gasteiger partial charge in [-0.15, -0.1) is 0 Å². The van der Waals surface area contributed by atoms with E-state index in [1.807, 2.05) is 38.1 Å². The predicted molar refractivity (Wildman–Crippen MR) is 103 cm³/mol. The molecule has 7 heteroatoms. The number of nitrogens with one attached hydrogen (secondary N) is 2. The highest BCUT2D eigenvalue weighted by molar-refractivity contribution is 5.84. The SMILES string of the molecule is CC[C@@H](C)[C@H](NC(=O)N1CCC(c2nc3ccccc3[nH]2)CC1)C(=O)OC. The second kappa shape index (κ2) is 8.41. The van der Waals surface area contributed by atoms with Crippen molar-refractivity contribution in [3.63, 3.8) is 0 Å². The first-order valence-corrected chi connectivity index (χ1v) is 9.61. The fourth-order valence-electron chi connectivity index (χ4n) is 3.54. The summed E-state index contributed by atoms with van der Waals surface area (Å²) in [7, 11) is 1.35. The van der Waals surface area contributed by atoms with Gasteiger partial charge in [-0.05, 0) is 30.9 Å². The van der Waals surface area contributed by atoms with Crippen molar-refractivity contribution >= 4 is 23.0 Å². The fraction of sp³-hybridized carbons (Fsp3) is 0.550. The molecule has 1 aliphatic rings. The maximum atomic E-state index is 12.6. The van der Waals surface area contributed by atoms with Crippen molar-refractivity contribution in [1.82, 2.24) is 20.2 Å². The van der Waals surface area contributed by atoms with Crippen molar-refractivity contribution < 1.29 is 14.3 Å². The first kappa shape index (κ1) is 19.2. The first-order valence-electron chi connectivity index (χ1n) is 9.61. The number of carbonyl (C=O) groups excluding carboxylic acids is 2. The van der Waals surface area contributed by atoms with E-state index in [1.54, 1.807) is 4.90 Å². The van der Waals surface area contributed by atoms with Crippen LogP contribution in [-0.2, 0) is 9.53 Å². The number of hydrogen-bond donors (Lipinski definition) is 2. The number of aromatic amines is 1. The van der Waals surface area contributed by atoms with Crippen molar-refractivity contribution in [2.45, 2.75) is 45.1 Å². The summed E-state index contributed by atoms with van der Waals surface area (Å²) in [5.41, 5.74) is 2.02. The minimum absolute atomic E-state index is 0.0227. The number of amides is 2. The van der Waals surface area contributed by atoms with Gasteiger partial charge in [0.15, 0.2) is 0 Å².